The zero-order valence-electron chi connectivity index (χ0n) is 9.94. The van der Waals surface area contributed by atoms with Crippen LogP contribution in [0.5, 0.6) is 0 Å². The Morgan fingerprint density at radius 3 is 2.63 bits per heavy atom. The summed E-state index contributed by atoms with van der Waals surface area (Å²) in [5.41, 5.74) is 1.23. The molecule has 0 aliphatic heterocycles. The summed E-state index contributed by atoms with van der Waals surface area (Å²) in [6.07, 6.45) is 0. The second kappa shape index (κ2) is 5.54. The van der Waals surface area contributed by atoms with E-state index in [1.165, 1.54) is 17.4 Å². The van der Waals surface area contributed by atoms with Gasteiger partial charge in [-0.1, -0.05) is 6.07 Å². The van der Waals surface area contributed by atoms with Crippen LogP contribution in [0.4, 0.5) is 5.69 Å². The van der Waals surface area contributed by atoms with Crippen LogP contribution in [0.2, 0.25) is 0 Å². The van der Waals surface area contributed by atoms with Crippen molar-refractivity contribution < 1.29 is 14.7 Å². The fourth-order valence-corrected chi connectivity index (χ4v) is 3.08. The van der Waals surface area contributed by atoms with Gasteiger partial charge >= 0.3 is 5.97 Å². The minimum absolute atomic E-state index is 0.183. The molecule has 0 aliphatic rings. The Balaban J connectivity index is 2.30. The number of carboxylic acids is 1. The average Bonchev–Trinajstić information content (AvgIpc) is 2.77. The molecule has 0 spiro atoms. The van der Waals surface area contributed by atoms with Crippen molar-refractivity contribution in [2.75, 3.05) is 5.32 Å². The number of carbonyl (C=O) groups is 2. The van der Waals surface area contributed by atoms with Crippen molar-refractivity contribution in [3.63, 3.8) is 0 Å². The van der Waals surface area contributed by atoms with Gasteiger partial charge in [0, 0.05) is 10.2 Å². The van der Waals surface area contributed by atoms with Gasteiger partial charge in [0.15, 0.2) is 0 Å². The summed E-state index contributed by atoms with van der Waals surface area (Å²) < 4.78 is 0.724. The highest BCUT2D eigenvalue weighted by Crippen LogP contribution is 2.25. The zero-order chi connectivity index (χ0) is 14.0. The molecule has 0 radical (unpaired) electrons. The predicted molar refractivity (Wildman–Crippen MR) is 78.1 cm³/mol. The molecule has 0 bridgehead atoms. The molecule has 1 heterocycles. The molecule has 0 aliphatic carbocycles. The summed E-state index contributed by atoms with van der Waals surface area (Å²) in [5.74, 6) is -1.27. The lowest BCUT2D eigenvalue weighted by Crippen LogP contribution is -2.13. The number of rotatable bonds is 3. The van der Waals surface area contributed by atoms with Crippen LogP contribution in [0.1, 0.15) is 25.6 Å². The number of hydrogen-bond acceptors (Lipinski definition) is 3. The smallest absolute Gasteiger partial charge is 0.336 e. The monoisotopic (exact) mass is 339 g/mol. The van der Waals surface area contributed by atoms with Crippen molar-refractivity contribution in [3.8, 4) is 0 Å². The van der Waals surface area contributed by atoms with Gasteiger partial charge < -0.3 is 10.4 Å². The van der Waals surface area contributed by atoms with Gasteiger partial charge in [-0.05, 0) is 52.0 Å². The molecule has 2 rings (SSSR count). The van der Waals surface area contributed by atoms with E-state index >= 15 is 0 Å². The van der Waals surface area contributed by atoms with Crippen LogP contribution in [0, 0.1) is 6.92 Å². The molecule has 0 unspecified atom stereocenters. The maximum atomic E-state index is 12.1. The van der Waals surface area contributed by atoms with Crippen LogP contribution < -0.4 is 5.32 Å². The number of amides is 1. The molecule has 1 aromatic heterocycles. The highest BCUT2D eigenvalue weighted by atomic mass is 79.9. The highest BCUT2D eigenvalue weighted by molar-refractivity contribution is 9.10. The standard InChI is InChI=1S/C13H10BrNO3S/c1-7-8(13(17)18)3-2-4-10(7)15-12(16)11-9(14)5-6-19-11/h2-6H,1H3,(H,15,16)(H,17,18). The van der Waals surface area contributed by atoms with Crippen molar-refractivity contribution >= 4 is 44.8 Å². The average molecular weight is 340 g/mol. The van der Waals surface area contributed by atoms with Gasteiger partial charge in [0.1, 0.15) is 4.88 Å². The quantitative estimate of drug-likeness (QED) is 0.894. The lowest BCUT2D eigenvalue weighted by atomic mass is 10.1. The van der Waals surface area contributed by atoms with Gasteiger partial charge in [0.2, 0.25) is 0 Å². The van der Waals surface area contributed by atoms with Crippen LogP contribution in [-0.4, -0.2) is 17.0 Å². The van der Waals surface area contributed by atoms with Crippen molar-refractivity contribution in [2.24, 2.45) is 0 Å². The minimum Gasteiger partial charge on any atom is -0.478 e. The molecular formula is C13H10BrNO3S. The first-order chi connectivity index (χ1) is 9.00. The third-order valence-corrected chi connectivity index (χ3v) is 4.47. The number of hydrogen-bond donors (Lipinski definition) is 2. The molecule has 2 aromatic rings. The molecule has 0 saturated carbocycles. The number of carboxylic acid groups (broad SMARTS) is 1. The van der Waals surface area contributed by atoms with Crippen LogP contribution in [-0.2, 0) is 0 Å². The third kappa shape index (κ3) is 2.85. The minimum atomic E-state index is -1.01. The summed E-state index contributed by atoms with van der Waals surface area (Å²) in [4.78, 5) is 23.6. The summed E-state index contributed by atoms with van der Waals surface area (Å²) in [6, 6.07) is 6.59. The highest BCUT2D eigenvalue weighted by Gasteiger charge is 2.15. The molecule has 0 fully saturated rings. The first kappa shape index (κ1) is 13.8. The van der Waals surface area contributed by atoms with Gasteiger partial charge in [0.25, 0.3) is 5.91 Å². The second-order valence-electron chi connectivity index (χ2n) is 3.84. The fraction of sp³-hybridized carbons (Fsp3) is 0.0769. The number of carbonyl (C=O) groups excluding carboxylic acids is 1. The van der Waals surface area contributed by atoms with E-state index in [9.17, 15) is 9.59 Å². The first-order valence-corrected chi connectivity index (χ1v) is 7.05. The normalized spacial score (nSPS) is 10.2. The van der Waals surface area contributed by atoms with E-state index in [2.05, 4.69) is 21.2 Å². The summed E-state index contributed by atoms with van der Waals surface area (Å²) in [7, 11) is 0. The van der Waals surface area contributed by atoms with E-state index in [0.29, 0.717) is 16.1 Å². The number of nitrogens with one attached hydrogen (secondary N) is 1. The van der Waals surface area contributed by atoms with Gasteiger partial charge in [-0.2, -0.15) is 0 Å². The number of aromatic carboxylic acids is 1. The third-order valence-electron chi connectivity index (χ3n) is 2.64. The number of thiophene rings is 1. The molecule has 1 aromatic carbocycles. The molecule has 19 heavy (non-hydrogen) atoms. The van der Waals surface area contributed by atoms with Crippen molar-refractivity contribution in [1.29, 1.82) is 0 Å². The molecular weight excluding hydrogens is 330 g/mol. The summed E-state index contributed by atoms with van der Waals surface area (Å²) in [6.45, 7) is 1.67. The Morgan fingerprint density at radius 1 is 1.32 bits per heavy atom. The maximum Gasteiger partial charge on any atom is 0.336 e. The van der Waals surface area contributed by atoms with Gasteiger partial charge in [-0.15, -0.1) is 11.3 Å². The van der Waals surface area contributed by atoms with E-state index < -0.39 is 5.97 Å². The molecule has 1 amide bonds. The summed E-state index contributed by atoms with van der Waals surface area (Å²) >= 11 is 4.61. The second-order valence-corrected chi connectivity index (χ2v) is 5.61. The van der Waals surface area contributed by atoms with Crippen molar-refractivity contribution in [1.82, 2.24) is 0 Å². The maximum absolute atomic E-state index is 12.1. The SMILES string of the molecule is Cc1c(NC(=O)c2sccc2Br)cccc1C(=O)O. The molecule has 98 valence electrons. The summed E-state index contributed by atoms with van der Waals surface area (Å²) in [5, 5.41) is 13.6. The van der Waals surface area contributed by atoms with Crippen molar-refractivity contribution in [2.45, 2.75) is 6.92 Å². The van der Waals surface area contributed by atoms with E-state index in [-0.39, 0.29) is 11.5 Å². The van der Waals surface area contributed by atoms with Gasteiger partial charge in [0.05, 0.1) is 5.56 Å². The van der Waals surface area contributed by atoms with E-state index in [1.807, 2.05) is 0 Å². The molecule has 6 heteroatoms. The number of benzene rings is 1. The van der Waals surface area contributed by atoms with Crippen LogP contribution in [0.3, 0.4) is 0 Å². The van der Waals surface area contributed by atoms with Gasteiger partial charge in [-0.25, -0.2) is 4.79 Å². The Kier molecular flexibility index (Phi) is 4.01. The lowest BCUT2D eigenvalue weighted by molar-refractivity contribution is 0.0695. The van der Waals surface area contributed by atoms with Crippen LogP contribution in [0.25, 0.3) is 0 Å². The first-order valence-electron chi connectivity index (χ1n) is 5.38. The fourth-order valence-electron chi connectivity index (χ4n) is 1.64. The van der Waals surface area contributed by atoms with Crippen LogP contribution >= 0.6 is 27.3 Å². The van der Waals surface area contributed by atoms with E-state index in [4.69, 9.17) is 5.11 Å². The number of halogens is 1. The Labute approximate surface area is 122 Å². The molecule has 4 nitrogen and oxygen atoms in total. The van der Waals surface area contributed by atoms with Gasteiger partial charge in [-0.3, -0.25) is 4.79 Å². The Hall–Kier alpha value is -1.66. The van der Waals surface area contributed by atoms with E-state index in [1.54, 1.807) is 30.5 Å². The Bertz CT molecular complexity index is 651. The lowest BCUT2D eigenvalue weighted by Gasteiger charge is -2.09. The molecule has 0 atom stereocenters. The zero-order valence-corrected chi connectivity index (χ0v) is 12.3. The molecule has 2 N–H and O–H groups in total. The predicted octanol–water partition coefficient (Wildman–Crippen LogP) is 3.77. The Morgan fingerprint density at radius 2 is 2.05 bits per heavy atom. The largest absolute Gasteiger partial charge is 0.478 e. The van der Waals surface area contributed by atoms with Crippen LogP contribution in [0.15, 0.2) is 34.1 Å². The number of anilines is 1. The van der Waals surface area contributed by atoms with Crippen molar-refractivity contribution in [3.05, 3.63) is 50.1 Å². The van der Waals surface area contributed by atoms with E-state index in [0.717, 1.165) is 4.47 Å². The molecule has 0 saturated heterocycles. The topological polar surface area (TPSA) is 66.4 Å².